The molecule has 2 heterocycles. The molecule has 0 saturated carbocycles. The number of nitrogens with zero attached hydrogens (tertiary/aromatic N) is 2. The van der Waals surface area contributed by atoms with Crippen LogP contribution in [0.5, 0.6) is 0 Å². The highest BCUT2D eigenvalue weighted by Gasteiger charge is 2.23. The lowest BCUT2D eigenvalue weighted by atomic mass is 9.90. The third-order valence-corrected chi connectivity index (χ3v) is 4.52. The Morgan fingerprint density at radius 2 is 2.29 bits per heavy atom. The van der Waals surface area contributed by atoms with Crippen LogP contribution in [0.15, 0.2) is 23.1 Å². The van der Waals surface area contributed by atoms with Crippen molar-refractivity contribution in [2.24, 2.45) is 7.05 Å². The summed E-state index contributed by atoms with van der Waals surface area (Å²) in [7, 11) is 1.96. The molecule has 0 fully saturated rings. The van der Waals surface area contributed by atoms with Crippen LogP contribution in [-0.2, 0) is 13.5 Å². The van der Waals surface area contributed by atoms with Crippen LogP contribution < -0.4 is 10.9 Å². The average molecular weight is 286 g/mol. The molecule has 3 rings (SSSR count). The van der Waals surface area contributed by atoms with Gasteiger partial charge in [-0.1, -0.05) is 6.07 Å². The number of aromatic amines is 1. The predicted octanol–water partition coefficient (Wildman–Crippen LogP) is 2.15. The summed E-state index contributed by atoms with van der Waals surface area (Å²) in [5.41, 5.74) is 4.72. The largest absolute Gasteiger partial charge is 0.326 e. The van der Waals surface area contributed by atoms with E-state index in [0.29, 0.717) is 6.04 Å². The molecule has 5 nitrogen and oxygen atoms in total. The van der Waals surface area contributed by atoms with Crippen molar-refractivity contribution < 1.29 is 0 Å². The molecule has 5 heteroatoms. The molecule has 0 bridgehead atoms. The Morgan fingerprint density at radius 1 is 1.48 bits per heavy atom. The van der Waals surface area contributed by atoms with Gasteiger partial charge < -0.3 is 10.3 Å². The summed E-state index contributed by atoms with van der Waals surface area (Å²) in [4.78, 5) is 14.4. The molecule has 112 valence electrons. The lowest BCUT2D eigenvalue weighted by Gasteiger charge is -2.29. The van der Waals surface area contributed by atoms with Gasteiger partial charge in [0, 0.05) is 42.1 Å². The van der Waals surface area contributed by atoms with Gasteiger partial charge in [0.2, 0.25) is 5.56 Å². The number of aromatic nitrogens is 3. The normalized spacial score (nSPS) is 19.3. The molecule has 2 aromatic rings. The Bertz CT molecular complexity index is 701. The first-order valence-corrected chi connectivity index (χ1v) is 7.53. The van der Waals surface area contributed by atoms with Crippen molar-refractivity contribution in [3.63, 3.8) is 0 Å². The van der Waals surface area contributed by atoms with Crippen molar-refractivity contribution in [3.05, 3.63) is 51.2 Å². The molecule has 1 aliphatic rings. The predicted molar refractivity (Wildman–Crippen MR) is 82.2 cm³/mol. The molecule has 0 spiro atoms. The van der Waals surface area contributed by atoms with E-state index in [0.717, 1.165) is 25.0 Å². The van der Waals surface area contributed by atoms with Gasteiger partial charge in [0.05, 0.1) is 6.20 Å². The Balaban J connectivity index is 1.83. The smallest absolute Gasteiger partial charge is 0.248 e. The lowest BCUT2D eigenvalue weighted by Crippen LogP contribution is -2.29. The van der Waals surface area contributed by atoms with Crippen LogP contribution in [0.3, 0.4) is 0 Å². The Labute approximate surface area is 124 Å². The molecular formula is C16H22N4O. The zero-order chi connectivity index (χ0) is 15.0. The lowest BCUT2D eigenvalue weighted by molar-refractivity contribution is 0.410. The first-order chi connectivity index (χ1) is 10.1. The highest BCUT2D eigenvalue weighted by Crippen LogP contribution is 2.30. The van der Waals surface area contributed by atoms with E-state index in [-0.39, 0.29) is 11.6 Å². The minimum Gasteiger partial charge on any atom is -0.326 e. The van der Waals surface area contributed by atoms with Crippen LogP contribution in [-0.4, -0.2) is 14.8 Å². The highest BCUT2D eigenvalue weighted by atomic mass is 16.1. The Kier molecular flexibility index (Phi) is 3.68. The molecular weight excluding hydrogens is 264 g/mol. The molecule has 2 aromatic heterocycles. The summed E-state index contributed by atoms with van der Waals surface area (Å²) in [5, 5.41) is 8.00. The zero-order valence-electron chi connectivity index (χ0n) is 12.8. The van der Waals surface area contributed by atoms with Crippen LogP contribution in [0.25, 0.3) is 0 Å². The van der Waals surface area contributed by atoms with Crippen molar-refractivity contribution >= 4 is 0 Å². The second-order valence-corrected chi connectivity index (χ2v) is 5.90. The van der Waals surface area contributed by atoms with Gasteiger partial charge in [-0.05, 0) is 38.7 Å². The average Bonchev–Trinajstić information content (AvgIpc) is 2.79. The maximum atomic E-state index is 11.5. The number of hydrogen-bond donors (Lipinski definition) is 2. The third kappa shape index (κ3) is 2.65. The molecule has 2 N–H and O–H groups in total. The topological polar surface area (TPSA) is 62.7 Å². The number of H-pyrrole nitrogens is 1. The molecule has 21 heavy (non-hydrogen) atoms. The fraction of sp³-hybridized carbons (Fsp3) is 0.500. The van der Waals surface area contributed by atoms with Crippen LogP contribution in [0, 0.1) is 6.92 Å². The van der Waals surface area contributed by atoms with Crippen molar-refractivity contribution in [2.75, 3.05) is 0 Å². The fourth-order valence-electron chi connectivity index (χ4n) is 3.21. The van der Waals surface area contributed by atoms with E-state index in [1.165, 1.54) is 16.8 Å². The van der Waals surface area contributed by atoms with Crippen LogP contribution in [0.2, 0.25) is 0 Å². The van der Waals surface area contributed by atoms with E-state index in [1.807, 2.05) is 24.0 Å². The number of pyridine rings is 1. The van der Waals surface area contributed by atoms with Gasteiger partial charge in [0.1, 0.15) is 0 Å². The van der Waals surface area contributed by atoms with Crippen LogP contribution in [0.4, 0.5) is 0 Å². The van der Waals surface area contributed by atoms with Gasteiger partial charge in [-0.15, -0.1) is 0 Å². The van der Waals surface area contributed by atoms with Gasteiger partial charge >= 0.3 is 0 Å². The number of aryl methyl sites for hydroxylation is 2. The van der Waals surface area contributed by atoms with Gasteiger partial charge in [-0.2, -0.15) is 5.10 Å². The summed E-state index contributed by atoms with van der Waals surface area (Å²) in [5.74, 6) is 0. The quantitative estimate of drug-likeness (QED) is 0.908. The molecule has 0 aliphatic heterocycles. The molecule has 0 radical (unpaired) electrons. The fourth-order valence-corrected chi connectivity index (χ4v) is 3.21. The van der Waals surface area contributed by atoms with Gasteiger partial charge in [0.25, 0.3) is 0 Å². The standard InChI is InChI=1S/C16H22N4O/c1-10(13-9-17-20(3)11(13)2)18-14-5-4-6-15-12(14)7-8-16(21)19-15/h7-10,14,18H,4-6H2,1-3H3,(H,19,21). The van der Waals surface area contributed by atoms with Crippen LogP contribution in [0.1, 0.15) is 54.4 Å². The summed E-state index contributed by atoms with van der Waals surface area (Å²) in [6.45, 7) is 4.26. The third-order valence-electron chi connectivity index (χ3n) is 4.52. The van der Waals surface area contributed by atoms with Gasteiger partial charge in [0.15, 0.2) is 0 Å². The number of fused-ring (bicyclic) bond motifs is 1. The molecule has 0 saturated heterocycles. The van der Waals surface area contributed by atoms with Crippen molar-refractivity contribution in [1.82, 2.24) is 20.1 Å². The van der Waals surface area contributed by atoms with E-state index in [1.54, 1.807) is 6.07 Å². The minimum atomic E-state index is -0.00875. The highest BCUT2D eigenvalue weighted by molar-refractivity contribution is 5.27. The summed E-state index contributed by atoms with van der Waals surface area (Å²) < 4.78 is 1.90. The molecule has 0 aromatic carbocycles. The monoisotopic (exact) mass is 286 g/mol. The second kappa shape index (κ2) is 5.48. The summed E-state index contributed by atoms with van der Waals surface area (Å²) in [6.07, 6.45) is 5.10. The zero-order valence-corrected chi connectivity index (χ0v) is 12.8. The SMILES string of the molecule is Cc1c(C(C)NC2CCCc3[nH]c(=O)ccc32)cnn1C. The van der Waals surface area contributed by atoms with E-state index in [2.05, 4.69) is 29.2 Å². The van der Waals surface area contributed by atoms with E-state index < -0.39 is 0 Å². The van der Waals surface area contributed by atoms with Crippen molar-refractivity contribution in [1.29, 1.82) is 0 Å². The molecule has 1 aliphatic carbocycles. The molecule has 2 unspecified atom stereocenters. The maximum Gasteiger partial charge on any atom is 0.248 e. The van der Waals surface area contributed by atoms with Crippen molar-refractivity contribution in [2.45, 2.75) is 45.2 Å². The number of rotatable bonds is 3. The van der Waals surface area contributed by atoms with Gasteiger partial charge in [-0.3, -0.25) is 9.48 Å². The van der Waals surface area contributed by atoms with E-state index in [9.17, 15) is 4.79 Å². The van der Waals surface area contributed by atoms with E-state index >= 15 is 0 Å². The maximum absolute atomic E-state index is 11.5. The minimum absolute atomic E-state index is 0.00875. The number of nitrogens with one attached hydrogen (secondary N) is 2. The summed E-state index contributed by atoms with van der Waals surface area (Å²) in [6, 6.07) is 4.12. The molecule has 2 atom stereocenters. The van der Waals surface area contributed by atoms with Gasteiger partial charge in [-0.25, -0.2) is 0 Å². The first kappa shape index (κ1) is 14.1. The Hall–Kier alpha value is -1.88. The van der Waals surface area contributed by atoms with Crippen LogP contribution >= 0.6 is 0 Å². The number of hydrogen-bond acceptors (Lipinski definition) is 3. The summed E-state index contributed by atoms with van der Waals surface area (Å²) >= 11 is 0. The first-order valence-electron chi connectivity index (χ1n) is 7.53. The molecule has 0 amide bonds. The Morgan fingerprint density at radius 3 is 3.00 bits per heavy atom. The van der Waals surface area contributed by atoms with Crippen molar-refractivity contribution in [3.8, 4) is 0 Å². The van der Waals surface area contributed by atoms with E-state index in [4.69, 9.17) is 0 Å². The second-order valence-electron chi connectivity index (χ2n) is 5.90.